The quantitative estimate of drug-likeness (QED) is 0.664. The zero-order valence-electron chi connectivity index (χ0n) is 18.5. The Labute approximate surface area is 175 Å². The maximum Gasteiger partial charge on any atom is 0.227 e. The molecular weight excluding hydrogens is 384 g/mol. The Morgan fingerprint density at radius 3 is 2.28 bits per heavy atom. The summed E-state index contributed by atoms with van der Waals surface area (Å²) >= 11 is 0. The highest BCUT2D eigenvalue weighted by Crippen LogP contribution is 2.60. The summed E-state index contributed by atoms with van der Waals surface area (Å²) in [5.41, 5.74) is 3.26. The number of allylic oxidation sites excluding steroid dienone is 2. The van der Waals surface area contributed by atoms with Gasteiger partial charge < -0.3 is 9.80 Å². The molecule has 6 heteroatoms. The number of hydrogen-bond acceptors (Lipinski definition) is 4. The Hall–Kier alpha value is -1.82. The summed E-state index contributed by atoms with van der Waals surface area (Å²) in [4.78, 5) is 17.5. The predicted octanol–water partition coefficient (Wildman–Crippen LogP) is 3.51. The first-order chi connectivity index (χ1) is 13.4. The van der Waals surface area contributed by atoms with Gasteiger partial charge in [0.05, 0.1) is 17.4 Å². The van der Waals surface area contributed by atoms with Gasteiger partial charge >= 0.3 is 0 Å². The van der Waals surface area contributed by atoms with Crippen molar-refractivity contribution in [3.63, 3.8) is 0 Å². The summed E-state index contributed by atoms with van der Waals surface area (Å²) < 4.78 is 24.2. The second-order valence-corrected chi connectivity index (χ2v) is 11.9. The van der Waals surface area contributed by atoms with E-state index in [9.17, 15) is 13.2 Å². The molecule has 1 heterocycles. The number of carbonyl (C=O) groups excluding carboxylic acids is 1. The molecule has 0 N–H and O–H groups in total. The minimum atomic E-state index is -3.06. The van der Waals surface area contributed by atoms with E-state index in [2.05, 4.69) is 33.8 Å². The number of carbonyl (C=O) groups is 1. The molecule has 1 aromatic carbocycles. The molecule has 0 spiro atoms. The van der Waals surface area contributed by atoms with Crippen molar-refractivity contribution in [2.45, 2.75) is 46.7 Å². The summed E-state index contributed by atoms with van der Waals surface area (Å²) in [5.74, 6) is 0.483. The first-order valence-electron chi connectivity index (χ1n) is 10.3. The van der Waals surface area contributed by atoms with Crippen LogP contribution in [0.4, 0.5) is 5.69 Å². The van der Waals surface area contributed by atoms with Crippen molar-refractivity contribution >= 4 is 21.4 Å². The molecule has 160 valence electrons. The van der Waals surface area contributed by atoms with Gasteiger partial charge in [-0.2, -0.15) is 0 Å². The molecule has 1 amide bonds. The van der Waals surface area contributed by atoms with Crippen molar-refractivity contribution in [3.8, 4) is 0 Å². The molecule has 1 aliphatic carbocycles. The van der Waals surface area contributed by atoms with Gasteiger partial charge in [0.15, 0.2) is 9.84 Å². The van der Waals surface area contributed by atoms with Gasteiger partial charge in [-0.1, -0.05) is 37.6 Å². The topological polar surface area (TPSA) is 57.7 Å². The monoisotopic (exact) mass is 418 g/mol. The van der Waals surface area contributed by atoms with Crippen LogP contribution in [0.5, 0.6) is 0 Å². The standard InChI is InChI=1S/C23H34N2O3S/c1-16(2)13-20-21(23(20,3)4)22(26)25(19-11-12-29(27,28)15-19)14-17-7-9-18(10-8-17)24(5)6/h7-10,13,19-21H,11-12,14-15H2,1-6H3/t19-,20-,21+/m1/s1. The van der Waals surface area contributed by atoms with Crippen LogP contribution in [0.25, 0.3) is 0 Å². The van der Waals surface area contributed by atoms with E-state index >= 15 is 0 Å². The van der Waals surface area contributed by atoms with Gasteiger partial charge in [-0.3, -0.25) is 4.79 Å². The van der Waals surface area contributed by atoms with Crippen molar-refractivity contribution in [3.05, 3.63) is 41.5 Å². The van der Waals surface area contributed by atoms with E-state index in [1.54, 1.807) is 0 Å². The van der Waals surface area contributed by atoms with Crippen molar-refractivity contribution in [2.75, 3.05) is 30.5 Å². The molecule has 1 aromatic rings. The molecule has 1 saturated heterocycles. The molecule has 1 aliphatic heterocycles. The van der Waals surface area contributed by atoms with Crippen LogP contribution in [0.1, 0.15) is 39.7 Å². The molecule has 2 fully saturated rings. The number of rotatable bonds is 6. The van der Waals surface area contributed by atoms with Crippen LogP contribution in [-0.4, -0.2) is 50.9 Å². The largest absolute Gasteiger partial charge is 0.378 e. The smallest absolute Gasteiger partial charge is 0.227 e. The van der Waals surface area contributed by atoms with E-state index in [0.717, 1.165) is 11.3 Å². The van der Waals surface area contributed by atoms with Gasteiger partial charge in [0.2, 0.25) is 5.91 Å². The maximum absolute atomic E-state index is 13.6. The Balaban J connectivity index is 1.86. The molecule has 3 atom stereocenters. The second kappa shape index (κ2) is 7.78. The van der Waals surface area contributed by atoms with E-state index in [1.807, 2.05) is 48.2 Å². The Morgan fingerprint density at radius 1 is 1.17 bits per heavy atom. The summed E-state index contributed by atoms with van der Waals surface area (Å²) in [6.45, 7) is 8.85. The number of amides is 1. The molecular formula is C23H34N2O3S. The first kappa shape index (κ1) is 21.9. The maximum atomic E-state index is 13.6. The van der Waals surface area contributed by atoms with E-state index in [0.29, 0.717) is 13.0 Å². The van der Waals surface area contributed by atoms with E-state index < -0.39 is 9.84 Å². The van der Waals surface area contributed by atoms with Crippen LogP contribution in [0, 0.1) is 17.3 Å². The number of hydrogen-bond donors (Lipinski definition) is 0. The van der Waals surface area contributed by atoms with Crippen LogP contribution in [0.15, 0.2) is 35.9 Å². The number of nitrogens with zero attached hydrogens (tertiary/aromatic N) is 2. The lowest BCUT2D eigenvalue weighted by Crippen LogP contribution is -2.42. The predicted molar refractivity (Wildman–Crippen MR) is 119 cm³/mol. The van der Waals surface area contributed by atoms with Crippen LogP contribution < -0.4 is 4.90 Å². The Bertz CT molecular complexity index is 897. The van der Waals surface area contributed by atoms with Crippen LogP contribution in [0.2, 0.25) is 0 Å². The van der Waals surface area contributed by atoms with Crippen molar-refractivity contribution < 1.29 is 13.2 Å². The molecule has 3 rings (SSSR count). The zero-order valence-corrected chi connectivity index (χ0v) is 19.3. The highest BCUT2D eigenvalue weighted by Gasteiger charge is 2.61. The molecule has 2 aliphatic rings. The van der Waals surface area contributed by atoms with E-state index in [1.165, 1.54) is 5.57 Å². The van der Waals surface area contributed by atoms with Crippen molar-refractivity contribution in [2.24, 2.45) is 17.3 Å². The minimum absolute atomic E-state index is 0.0784. The molecule has 1 saturated carbocycles. The third-order valence-corrected chi connectivity index (χ3v) is 8.18. The van der Waals surface area contributed by atoms with Gasteiger partial charge in [0.25, 0.3) is 0 Å². The minimum Gasteiger partial charge on any atom is -0.378 e. The van der Waals surface area contributed by atoms with Gasteiger partial charge in [0.1, 0.15) is 0 Å². The average Bonchev–Trinajstić information content (AvgIpc) is 2.94. The molecule has 0 bridgehead atoms. The molecule has 29 heavy (non-hydrogen) atoms. The normalized spacial score (nSPS) is 26.6. The average molecular weight is 419 g/mol. The molecule has 0 radical (unpaired) electrons. The lowest BCUT2D eigenvalue weighted by Gasteiger charge is -2.29. The lowest BCUT2D eigenvalue weighted by molar-refractivity contribution is -0.136. The van der Waals surface area contributed by atoms with Crippen molar-refractivity contribution in [1.29, 1.82) is 0 Å². The SMILES string of the molecule is CC(C)=C[C@@H]1[C@@H](C(=O)N(Cc2ccc(N(C)C)cc2)[C@@H]2CCS(=O)(=O)C2)C1(C)C. The highest BCUT2D eigenvalue weighted by molar-refractivity contribution is 7.91. The second-order valence-electron chi connectivity index (χ2n) is 9.65. The third kappa shape index (κ3) is 4.68. The van der Waals surface area contributed by atoms with E-state index in [4.69, 9.17) is 0 Å². The fraction of sp³-hybridized carbons (Fsp3) is 0.609. The molecule has 5 nitrogen and oxygen atoms in total. The third-order valence-electron chi connectivity index (χ3n) is 6.43. The summed E-state index contributed by atoms with van der Waals surface area (Å²) in [5, 5.41) is 0. The Kier molecular flexibility index (Phi) is 5.87. The highest BCUT2D eigenvalue weighted by atomic mass is 32.2. The summed E-state index contributed by atoms with van der Waals surface area (Å²) in [6.07, 6.45) is 2.72. The van der Waals surface area contributed by atoms with Gasteiger partial charge in [0, 0.05) is 32.4 Å². The zero-order chi connectivity index (χ0) is 21.6. The molecule has 0 aromatic heterocycles. The lowest BCUT2D eigenvalue weighted by atomic mass is 10.1. The van der Waals surface area contributed by atoms with Crippen LogP contribution in [0.3, 0.4) is 0 Å². The van der Waals surface area contributed by atoms with Crippen molar-refractivity contribution in [1.82, 2.24) is 4.90 Å². The summed E-state index contributed by atoms with van der Waals surface area (Å²) in [6, 6.07) is 7.91. The molecule has 0 unspecified atom stereocenters. The van der Waals surface area contributed by atoms with Gasteiger partial charge in [-0.15, -0.1) is 0 Å². The number of benzene rings is 1. The fourth-order valence-electron chi connectivity index (χ4n) is 4.50. The van der Waals surface area contributed by atoms with Crippen LogP contribution >= 0.6 is 0 Å². The van der Waals surface area contributed by atoms with E-state index in [-0.39, 0.29) is 40.7 Å². The fourth-order valence-corrected chi connectivity index (χ4v) is 6.23. The Morgan fingerprint density at radius 2 is 1.79 bits per heavy atom. The van der Waals surface area contributed by atoms with Gasteiger partial charge in [-0.25, -0.2) is 8.42 Å². The first-order valence-corrected chi connectivity index (χ1v) is 12.2. The summed E-state index contributed by atoms with van der Waals surface area (Å²) in [7, 11) is 0.922. The van der Waals surface area contributed by atoms with Gasteiger partial charge in [-0.05, 0) is 49.3 Å². The number of sulfone groups is 1. The van der Waals surface area contributed by atoms with Crippen LogP contribution in [-0.2, 0) is 21.2 Å². The number of anilines is 1.